The molecule has 0 bridgehead atoms. The quantitative estimate of drug-likeness (QED) is 0.764. The molecule has 4 nitrogen and oxygen atoms in total. The van der Waals surface area contributed by atoms with Crippen LogP contribution in [0.5, 0.6) is 5.75 Å². The van der Waals surface area contributed by atoms with Crippen LogP contribution < -0.4 is 14.5 Å². The van der Waals surface area contributed by atoms with Gasteiger partial charge in [-0.1, -0.05) is 43.6 Å². The Bertz CT molecular complexity index is 713. The molecular formula is C22H30ClN2O2+. The molecule has 1 atom stereocenters. The van der Waals surface area contributed by atoms with Gasteiger partial charge in [0.1, 0.15) is 25.0 Å². The number of quaternary nitrogens is 1. The Morgan fingerprint density at radius 2 is 1.81 bits per heavy atom. The Balaban J connectivity index is 1.41. The number of piperazine rings is 1. The summed E-state index contributed by atoms with van der Waals surface area (Å²) in [6.07, 6.45) is -0.456. The van der Waals surface area contributed by atoms with Crippen LogP contribution in [0.3, 0.4) is 0 Å². The van der Waals surface area contributed by atoms with Crippen LogP contribution in [0.25, 0.3) is 0 Å². The van der Waals surface area contributed by atoms with Gasteiger partial charge < -0.3 is 19.6 Å². The Morgan fingerprint density at radius 3 is 2.44 bits per heavy atom. The molecular weight excluding hydrogens is 360 g/mol. The number of hydrogen-bond acceptors (Lipinski definition) is 3. The maximum Gasteiger partial charge on any atom is 0.137 e. The number of nitrogens with one attached hydrogen (secondary N) is 1. The van der Waals surface area contributed by atoms with Crippen molar-refractivity contribution in [1.82, 2.24) is 0 Å². The third-order valence-electron chi connectivity index (χ3n) is 5.16. The molecule has 1 aliphatic rings. The molecule has 2 N–H and O–H groups in total. The topological polar surface area (TPSA) is 37.1 Å². The van der Waals surface area contributed by atoms with Gasteiger partial charge in [-0.25, -0.2) is 0 Å². The smallest absolute Gasteiger partial charge is 0.137 e. The minimum absolute atomic E-state index is 0.336. The van der Waals surface area contributed by atoms with Crippen LogP contribution in [0.15, 0.2) is 48.5 Å². The molecule has 0 saturated carbocycles. The molecule has 1 aliphatic heterocycles. The zero-order chi connectivity index (χ0) is 19.2. The molecule has 1 heterocycles. The maximum absolute atomic E-state index is 10.3. The summed E-state index contributed by atoms with van der Waals surface area (Å²) >= 11 is 6.09. The van der Waals surface area contributed by atoms with E-state index in [2.05, 4.69) is 36.9 Å². The second-order valence-corrected chi connectivity index (χ2v) is 8.05. The summed E-state index contributed by atoms with van der Waals surface area (Å²) in [6.45, 7) is 9.36. The van der Waals surface area contributed by atoms with Crippen molar-refractivity contribution in [2.45, 2.75) is 25.9 Å². The van der Waals surface area contributed by atoms with Crippen molar-refractivity contribution in [3.63, 3.8) is 0 Å². The Hall–Kier alpha value is -1.75. The van der Waals surface area contributed by atoms with Crippen molar-refractivity contribution in [2.24, 2.45) is 0 Å². The number of hydrogen-bond donors (Lipinski definition) is 2. The van der Waals surface area contributed by atoms with Crippen LogP contribution in [0.1, 0.15) is 25.3 Å². The summed E-state index contributed by atoms with van der Waals surface area (Å²) in [6, 6.07) is 16.2. The SMILES string of the molecule is CC(C)c1ccc(OC[C@@H](O)C[NH+]2CCN(c3cccc(Cl)c3)CC2)cc1. The van der Waals surface area contributed by atoms with Crippen molar-refractivity contribution in [2.75, 3.05) is 44.2 Å². The number of benzene rings is 2. The van der Waals surface area contributed by atoms with Crippen molar-refractivity contribution >= 4 is 17.3 Å². The summed E-state index contributed by atoms with van der Waals surface area (Å²) in [4.78, 5) is 3.77. The molecule has 1 saturated heterocycles. The second kappa shape index (κ2) is 9.45. The number of ether oxygens (including phenoxy) is 1. The van der Waals surface area contributed by atoms with E-state index >= 15 is 0 Å². The fourth-order valence-corrected chi connectivity index (χ4v) is 3.68. The highest BCUT2D eigenvalue weighted by atomic mass is 35.5. The highest BCUT2D eigenvalue weighted by Gasteiger charge is 2.23. The molecule has 2 aromatic rings. The van der Waals surface area contributed by atoms with E-state index in [-0.39, 0.29) is 0 Å². The van der Waals surface area contributed by atoms with Crippen molar-refractivity contribution in [3.8, 4) is 5.75 Å². The van der Waals surface area contributed by atoms with Gasteiger partial charge in [-0.05, 0) is 41.8 Å². The lowest BCUT2D eigenvalue weighted by atomic mass is 10.0. The number of nitrogens with zero attached hydrogens (tertiary/aromatic N) is 1. The lowest BCUT2D eigenvalue weighted by molar-refractivity contribution is -0.903. The summed E-state index contributed by atoms with van der Waals surface area (Å²) in [5.74, 6) is 1.33. The van der Waals surface area contributed by atoms with Gasteiger partial charge in [0.05, 0.1) is 26.2 Å². The molecule has 0 radical (unpaired) electrons. The molecule has 27 heavy (non-hydrogen) atoms. The normalized spacial score (nSPS) is 16.6. The van der Waals surface area contributed by atoms with Crippen molar-refractivity contribution in [3.05, 3.63) is 59.1 Å². The Kier molecular flexibility index (Phi) is 7.00. The summed E-state index contributed by atoms with van der Waals surface area (Å²) in [5, 5.41) is 11.1. The van der Waals surface area contributed by atoms with Crippen LogP contribution in [0.4, 0.5) is 5.69 Å². The first kappa shape index (κ1) is 20.0. The van der Waals surface area contributed by atoms with E-state index in [1.165, 1.54) is 16.2 Å². The van der Waals surface area contributed by atoms with Gasteiger partial charge >= 0.3 is 0 Å². The highest BCUT2D eigenvalue weighted by molar-refractivity contribution is 6.30. The number of anilines is 1. The van der Waals surface area contributed by atoms with Crippen LogP contribution >= 0.6 is 11.6 Å². The van der Waals surface area contributed by atoms with Gasteiger partial charge in [0, 0.05) is 10.7 Å². The van der Waals surface area contributed by atoms with E-state index in [9.17, 15) is 5.11 Å². The molecule has 2 aromatic carbocycles. The Morgan fingerprint density at radius 1 is 1.11 bits per heavy atom. The number of aliphatic hydroxyl groups is 1. The molecule has 0 aromatic heterocycles. The fraction of sp³-hybridized carbons (Fsp3) is 0.455. The van der Waals surface area contributed by atoms with Crippen molar-refractivity contribution < 1.29 is 14.7 Å². The molecule has 1 fully saturated rings. The van der Waals surface area contributed by atoms with Crippen molar-refractivity contribution in [1.29, 1.82) is 0 Å². The zero-order valence-electron chi connectivity index (χ0n) is 16.2. The lowest BCUT2D eigenvalue weighted by Gasteiger charge is -2.34. The van der Waals surface area contributed by atoms with Gasteiger partial charge in [-0.3, -0.25) is 0 Å². The van der Waals surface area contributed by atoms with Gasteiger partial charge in [0.25, 0.3) is 0 Å². The van der Waals surface area contributed by atoms with Gasteiger partial charge in [0.15, 0.2) is 0 Å². The average Bonchev–Trinajstić information content (AvgIpc) is 2.67. The summed E-state index contributed by atoms with van der Waals surface area (Å²) in [5.41, 5.74) is 2.47. The van der Waals surface area contributed by atoms with Gasteiger partial charge in [-0.2, -0.15) is 0 Å². The van der Waals surface area contributed by atoms with Gasteiger partial charge in [0.2, 0.25) is 0 Å². The van der Waals surface area contributed by atoms with Crippen LogP contribution in [0.2, 0.25) is 5.02 Å². The monoisotopic (exact) mass is 389 g/mol. The van der Waals surface area contributed by atoms with Crippen LogP contribution in [0, 0.1) is 0 Å². The minimum atomic E-state index is -0.456. The molecule has 0 aliphatic carbocycles. The van der Waals surface area contributed by atoms with E-state index in [1.54, 1.807) is 0 Å². The molecule has 146 valence electrons. The zero-order valence-corrected chi connectivity index (χ0v) is 17.0. The third kappa shape index (κ3) is 5.86. The molecule has 0 amide bonds. The minimum Gasteiger partial charge on any atom is -0.491 e. The van der Waals surface area contributed by atoms with Gasteiger partial charge in [-0.15, -0.1) is 0 Å². The van der Waals surface area contributed by atoms with Crippen LogP contribution in [-0.2, 0) is 0 Å². The highest BCUT2D eigenvalue weighted by Crippen LogP contribution is 2.20. The lowest BCUT2D eigenvalue weighted by Crippen LogP contribution is -3.16. The molecule has 5 heteroatoms. The standard InChI is InChI=1S/C22H29ClN2O2/c1-17(2)18-6-8-22(9-7-18)27-16-21(26)15-24-10-12-25(13-11-24)20-5-3-4-19(23)14-20/h3-9,14,17,21,26H,10-13,15-16H2,1-2H3/p+1/t21-/m0/s1. The average molecular weight is 390 g/mol. The number of aliphatic hydroxyl groups excluding tert-OH is 1. The molecule has 0 spiro atoms. The Labute approximate surface area is 167 Å². The predicted molar refractivity (Wildman–Crippen MR) is 111 cm³/mol. The van der Waals surface area contributed by atoms with E-state index < -0.39 is 6.10 Å². The largest absolute Gasteiger partial charge is 0.491 e. The van der Waals surface area contributed by atoms with E-state index in [1.807, 2.05) is 30.3 Å². The molecule has 0 unspecified atom stereocenters. The number of halogens is 1. The first-order valence-electron chi connectivity index (χ1n) is 9.76. The fourth-order valence-electron chi connectivity index (χ4n) is 3.49. The maximum atomic E-state index is 10.3. The summed E-state index contributed by atoms with van der Waals surface area (Å²) in [7, 11) is 0. The number of rotatable bonds is 7. The first-order valence-corrected chi connectivity index (χ1v) is 10.1. The van der Waals surface area contributed by atoms with Crippen LogP contribution in [-0.4, -0.2) is 50.5 Å². The summed E-state index contributed by atoms with van der Waals surface area (Å²) < 4.78 is 5.76. The van der Waals surface area contributed by atoms with E-state index in [0.717, 1.165) is 37.0 Å². The second-order valence-electron chi connectivity index (χ2n) is 7.61. The molecule has 3 rings (SSSR count). The van der Waals surface area contributed by atoms with E-state index in [0.29, 0.717) is 19.1 Å². The first-order chi connectivity index (χ1) is 13.0. The predicted octanol–water partition coefficient (Wildman–Crippen LogP) is 2.61. The third-order valence-corrected chi connectivity index (χ3v) is 5.39. The van der Waals surface area contributed by atoms with E-state index in [4.69, 9.17) is 16.3 Å².